The van der Waals surface area contributed by atoms with Crippen LogP contribution in [0.15, 0.2) is 53.3 Å². The van der Waals surface area contributed by atoms with Crippen LogP contribution in [0, 0.1) is 0 Å². The van der Waals surface area contributed by atoms with E-state index in [0.717, 1.165) is 61.1 Å². The molecule has 32 heavy (non-hydrogen) atoms. The van der Waals surface area contributed by atoms with Crippen LogP contribution in [0.25, 0.3) is 22.8 Å². The molecule has 0 saturated carbocycles. The minimum atomic E-state index is -0.0895. The van der Waals surface area contributed by atoms with E-state index in [1.54, 1.807) is 12.4 Å². The summed E-state index contributed by atoms with van der Waals surface area (Å²) in [6.45, 7) is 0.740. The highest BCUT2D eigenvalue weighted by Crippen LogP contribution is 2.34. The molecule has 1 fully saturated rings. The van der Waals surface area contributed by atoms with Crippen molar-refractivity contribution in [3.05, 3.63) is 65.9 Å². The number of benzene rings is 1. The minimum Gasteiger partial charge on any atom is -0.439 e. The van der Waals surface area contributed by atoms with Gasteiger partial charge in [-0.2, -0.15) is 9.97 Å². The Balaban J connectivity index is 1.25. The van der Waals surface area contributed by atoms with E-state index in [-0.39, 0.29) is 6.10 Å². The van der Waals surface area contributed by atoms with E-state index in [1.165, 1.54) is 0 Å². The smallest absolute Gasteiger partial charge is 0.256 e. The number of hydrogen-bond acceptors (Lipinski definition) is 8. The molecule has 2 aliphatic rings. The molecule has 8 nitrogen and oxygen atoms in total. The normalized spacial score (nSPS) is 17.4. The molecule has 0 N–H and O–H groups in total. The molecule has 0 radical (unpaired) electrons. The number of aromatic nitrogens is 5. The summed E-state index contributed by atoms with van der Waals surface area (Å²) < 4.78 is 17.2. The van der Waals surface area contributed by atoms with Gasteiger partial charge >= 0.3 is 0 Å². The SMILES string of the molecule is c1cc(-c2nc3c(c(Oc4ccc(-c5noc(C6CCCO6)n5)cc4)n2)CCC3)ccn1. The highest BCUT2D eigenvalue weighted by molar-refractivity contribution is 5.58. The fraction of sp³-hybridized carbons (Fsp3) is 0.292. The minimum absolute atomic E-state index is 0.0895. The van der Waals surface area contributed by atoms with Gasteiger partial charge in [0.05, 0.1) is 5.69 Å². The molecular weight excluding hydrogens is 406 g/mol. The molecule has 0 bridgehead atoms. The van der Waals surface area contributed by atoms with Crippen LogP contribution in [0.2, 0.25) is 0 Å². The fourth-order valence-corrected chi connectivity index (χ4v) is 4.15. The van der Waals surface area contributed by atoms with E-state index in [0.29, 0.717) is 29.2 Å². The Hall–Kier alpha value is -3.65. The molecule has 8 heteroatoms. The first-order chi connectivity index (χ1) is 15.8. The van der Waals surface area contributed by atoms with Gasteiger partial charge in [0.2, 0.25) is 11.7 Å². The van der Waals surface area contributed by atoms with E-state index in [1.807, 2.05) is 36.4 Å². The van der Waals surface area contributed by atoms with Gasteiger partial charge in [-0.3, -0.25) is 4.98 Å². The zero-order valence-electron chi connectivity index (χ0n) is 17.4. The summed E-state index contributed by atoms with van der Waals surface area (Å²) in [6.07, 6.45) is 8.26. The maximum Gasteiger partial charge on any atom is 0.256 e. The van der Waals surface area contributed by atoms with Crippen molar-refractivity contribution in [2.24, 2.45) is 0 Å². The molecule has 1 atom stereocenters. The highest BCUT2D eigenvalue weighted by Gasteiger charge is 2.24. The van der Waals surface area contributed by atoms with Crippen LogP contribution in [0.5, 0.6) is 11.6 Å². The topological polar surface area (TPSA) is 96.1 Å². The van der Waals surface area contributed by atoms with Gasteiger partial charge in [-0.25, -0.2) is 4.98 Å². The zero-order chi connectivity index (χ0) is 21.3. The van der Waals surface area contributed by atoms with Crippen molar-refractivity contribution in [2.75, 3.05) is 6.61 Å². The van der Waals surface area contributed by atoms with Crippen molar-refractivity contribution in [1.82, 2.24) is 25.1 Å². The Bertz CT molecular complexity index is 1230. The van der Waals surface area contributed by atoms with E-state index in [2.05, 4.69) is 15.1 Å². The Labute approximate surface area is 184 Å². The molecule has 4 heterocycles. The van der Waals surface area contributed by atoms with Crippen molar-refractivity contribution in [3.8, 4) is 34.4 Å². The highest BCUT2D eigenvalue weighted by atomic mass is 16.5. The maximum absolute atomic E-state index is 6.21. The Morgan fingerprint density at radius 3 is 2.50 bits per heavy atom. The van der Waals surface area contributed by atoms with Crippen molar-refractivity contribution in [1.29, 1.82) is 0 Å². The van der Waals surface area contributed by atoms with Gasteiger partial charge in [-0.1, -0.05) is 5.16 Å². The second kappa shape index (κ2) is 8.12. The van der Waals surface area contributed by atoms with Crippen molar-refractivity contribution in [2.45, 2.75) is 38.2 Å². The van der Waals surface area contributed by atoms with Crippen LogP contribution in [0.4, 0.5) is 0 Å². The number of fused-ring (bicyclic) bond motifs is 1. The van der Waals surface area contributed by atoms with Crippen molar-refractivity contribution < 1.29 is 14.0 Å². The maximum atomic E-state index is 6.21. The number of ether oxygens (including phenoxy) is 2. The third-order valence-corrected chi connectivity index (χ3v) is 5.81. The first kappa shape index (κ1) is 19.1. The number of aryl methyl sites for hydroxylation is 1. The van der Waals surface area contributed by atoms with Crippen LogP contribution < -0.4 is 4.74 Å². The predicted molar refractivity (Wildman–Crippen MR) is 115 cm³/mol. The molecule has 1 aliphatic carbocycles. The van der Waals surface area contributed by atoms with Gasteiger partial charge in [0.15, 0.2) is 5.82 Å². The fourth-order valence-electron chi connectivity index (χ4n) is 4.15. The van der Waals surface area contributed by atoms with Crippen LogP contribution in [-0.4, -0.2) is 31.7 Å². The summed E-state index contributed by atoms with van der Waals surface area (Å²) in [6, 6.07) is 11.4. The summed E-state index contributed by atoms with van der Waals surface area (Å²) in [5.74, 6) is 3.06. The monoisotopic (exact) mass is 427 g/mol. The summed E-state index contributed by atoms with van der Waals surface area (Å²) in [4.78, 5) is 18.1. The average Bonchev–Trinajstić information content (AvgIpc) is 3.61. The standard InChI is InChI=1S/C24H21N5O3/c1-3-18-19(4-1)26-21(16-10-12-25-13-11-16)27-23(18)31-17-8-6-15(7-9-17)22-28-24(32-29-22)20-5-2-14-30-20/h6-13,20H,1-5,14H2. The number of pyridine rings is 1. The van der Waals surface area contributed by atoms with Gasteiger partial charge in [0, 0.05) is 35.7 Å². The Kier molecular flexibility index (Phi) is 4.84. The van der Waals surface area contributed by atoms with E-state index in [9.17, 15) is 0 Å². The van der Waals surface area contributed by atoms with E-state index >= 15 is 0 Å². The molecule has 1 saturated heterocycles. The lowest BCUT2D eigenvalue weighted by molar-refractivity contribution is 0.0835. The quantitative estimate of drug-likeness (QED) is 0.451. The summed E-state index contributed by atoms with van der Waals surface area (Å²) in [5.41, 5.74) is 3.93. The third kappa shape index (κ3) is 3.62. The second-order valence-electron chi connectivity index (χ2n) is 7.95. The van der Waals surface area contributed by atoms with Crippen molar-refractivity contribution in [3.63, 3.8) is 0 Å². The third-order valence-electron chi connectivity index (χ3n) is 5.81. The van der Waals surface area contributed by atoms with E-state index < -0.39 is 0 Å². The molecule has 6 rings (SSSR count). The second-order valence-corrected chi connectivity index (χ2v) is 7.95. The van der Waals surface area contributed by atoms with Crippen LogP contribution >= 0.6 is 0 Å². The van der Waals surface area contributed by atoms with Crippen molar-refractivity contribution >= 4 is 0 Å². The lowest BCUT2D eigenvalue weighted by Gasteiger charge is -2.11. The zero-order valence-corrected chi connectivity index (χ0v) is 17.4. The molecule has 160 valence electrons. The number of hydrogen-bond donors (Lipinski definition) is 0. The molecule has 1 unspecified atom stereocenters. The van der Waals surface area contributed by atoms with Crippen LogP contribution in [0.1, 0.15) is 42.5 Å². The summed E-state index contributed by atoms with van der Waals surface area (Å²) in [5, 5.41) is 4.10. The van der Waals surface area contributed by atoms with E-state index in [4.69, 9.17) is 24.0 Å². The first-order valence-electron chi connectivity index (χ1n) is 10.9. The van der Waals surface area contributed by atoms with Crippen LogP contribution in [0.3, 0.4) is 0 Å². The largest absolute Gasteiger partial charge is 0.439 e. The summed E-state index contributed by atoms with van der Waals surface area (Å²) in [7, 11) is 0. The van der Waals surface area contributed by atoms with Gasteiger partial charge in [0.25, 0.3) is 5.89 Å². The average molecular weight is 427 g/mol. The molecule has 4 aromatic rings. The lowest BCUT2D eigenvalue weighted by atomic mass is 10.2. The van der Waals surface area contributed by atoms with Gasteiger partial charge in [-0.15, -0.1) is 0 Å². The van der Waals surface area contributed by atoms with Crippen LogP contribution in [-0.2, 0) is 17.6 Å². The Morgan fingerprint density at radius 1 is 0.844 bits per heavy atom. The predicted octanol–water partition coefficient (Wildman–Crippen LogP) is 4.72. The van der Waals surface area contributed by atoms with Gasteiger partial charge in [0.1, 0.15) is 11.9 Å². The molecule has 3 aromatic heterocycles. The molecular formula is C24H21N5O3. The summed E-state index contributed by atoms with van der Waals surface area (Å²) >= 11 is 0. The van der Waals surface area contributed by atoms with Gasteiger partial charge < -0.3 is 14.0 Å². The molecule has 0 spiro atoms. The number of nitrogens with zero attached hydrogens (tertiary/aromatic N) is 5. The molecule has 0 amide bonds. The lowest BCUT2D eigenvalue weighted by Crippen LogP contribution is -2.01. The molecule has 1 aliphatic heterocycles. The number of rotatable bonds is 5. The first-order valence-corrected chi connectivity index (χ1v) is 10.9. The molecule has 1 aromatic carbocycles. The Morgan fingerprint density at radius 2 is 1.69 bits per heavy atom. The van der Waals surface area contributed by atoms with Gasteiger partial charge in [-0.05, 0) is 68.5 Å².